The number of methoxy groups -OCH3 is 1. The van der Waals surface area contributed by atoms with E-state index in [0.717, 1.165) is 0 Å². The Labute approximate surface area is 61.8 Å². The molecule has 0 bridgehead atoms. The van der Waals surface area contributed by atoms with Crippen molar-refractivity contribution in [2.24, 2.45) is 5.92 Å². The van der Waals surface area contributed by atoms with E-state index in [1.54, 1.807) is 0 Å². The summed E-state index contributed by atoms with van der Waals surface area (Å²) in [5.41, 5.74) is 0. The van der Waals surface area contributed by atoms with Crippen LogP contribution in [0, 0.1) is 5.92 Å². The molecule has 0 heterocycles. The van der Waals surface area contributed by atoms with Crippen molar-refractivity contribution in [1.82, 2.24) is 5.32 Å². The van der Waals surface area contributed by atoms with Crippen molar-refractivity contribution in [3.63, 3.8) is 0 Å². The van der Waals surface area contributed by atoms with E-state index in [4.69, 9.17) is 0 Å². The number of carbonyl (C=O) groups excluding carboxylic acids is 1. The Hall–Kier alpha value is -0.570. The average molecular weight is 145 g/mol. The lowest BCUT2D eigenvalue weighted by Gasteiger charge is -2.15. The van der Waals surface area contributed by atoms with Crippen molar-refractivity contribution in [3.05, 3.63) is 0 Å². The van der Waals surface area contributed by atoms with E-state index in [1.165, 1.54) is 7.11 Å². The van der Waals surface area contributed by atoms with E-state index >= 15 is 0 Å². The summed E-state index contributed by atoms with van der Waals surface area (Å²) >= 11 is 0. The Kier molecular flexibility index (Phi) is 4.03. The molecule has 10 heavy (non-hydrogen) atoms. The summed E-state index contributed by atoms with van der Waals surface area (Å²) < 4.78 is 4.56. The van der Waals surface area contributed by atoms with Crippen LogP contribution in [0.1, 0.15) is 13.8 Å². The summed E-state index contributed by atoms with van der Waals surface area (Å²) in [4.78, 5) is 10.8. The Morgan fingerprint density at radius 2 is 2.00 bits per heavy atom. The molecule has 0 aromatic rings. The van der Waals surface area contributed by atoms with E-state index < -0.39 is 0 Å². The summed E-state index contributed by atoms with van der Waals surface area (Å²) in [5, 5.41) is 2.98. The molecule has 0 fully saturated rings. The zero-order chi connectivity index (χ0) is 8.15. The van der Waals surface area contributed by atoms with Crippen LogP contribution in [0.5, 0.6) is 0 Å². The Bertz CT molecular complexity index is 114. The van der Waals surface area contributed by atoms with Gasteiger partial charge < -0.3 is 10.1 Å². The van der Waals surface area contributed by atoms with Gasteiger partial charge >= 0.3 is 5.97 Å². The molecule has 1 N–H and O–H groups in total. The zero-order valence-corrected chi connectivity index (χ0v) is 6.97. The lowest BCUT2D eigenvalue weighted by atomic mass is 10.1. The van der Waals surface area contributed by atoms with Gasteiger partial charge in [0.25, 0.3) is 0 Å². The summed E-state index contributed by atoms with van der Waals surface area (Å²) in [7, 11) is 3.23. The SMILES string of the molecule is CNC(C)C(C)C(=O)OC. The molecule has 0 aromatic carbocycles. The van der Waals surface area contributed by atoms with Gasteiger partial charge in [-0.2, -0.15) is 0 Å². The van der Waals surface area contributed by atoms with Gasteiger partial charge in [0.2, 0.25) is 0 Å². The molecule has 0 aromatic heterocycles. The van der Waals surface area contributed by atoms with Crippen LogP contribution < -0.4 is 5.32 Å². The molecule has 0 rings (SSSR count). The maximum atomic E-state index is 10.8. The number of esters is 1. The van der Waals surface area contributed by atoms with Crippen molar-refractivity contribution < 1.29 is 9.53 Å². The number of carbonyl (C=O) groups is 1. The minimum Gasteiger partial charge on any atom is -0.469 e. The number of ether oxygens (including phenoxy) is 1. The molecule has 0 aliphatic carbocycles. The predicted octanol–water partition coefficient (Wildman–Crippen LogP) is 0.403. The topological polar surface area (TPSA) is 38.3 Å². The molecule has 0 aliphatic heterocycles. The lowest BCUT2D eigenvalue weighted by molar-refractivity contribution is -0.145. The summed E-state index contributed by atoms with van der Waals surface area (Å²) in [6.45, 7) is 3.79. The molecular weight excluding hydrogens is 130 g/mol. The first-order valence-electron chi connectivity index (χ1n) is 3.38. The van der Waals surface area contributed by atoms with E-state index in [2.05, 4.69) is 10.1 Å². The first-order chi connectivity index (χ1) is 4.63. The average Bonchev–Trinajstić information content (AvgIpc) is 2.00. The third-order valence-corrected chi connectivity index (χ3v) is 1.78. The molecule has 3 nitrogen and oxygen atoms in total. The van der Waals surface area contributed by atoms with Crippen LogP contribution in [-0.4, -0.2) is 26.2 Å². The van der Waals surface area contributed by atoms with E-state index in [9.17, 15) is 4.79 Å². The molecule has 0 aliphatic rings. The van der Waals surface area contributed by atoms with Crippen LogP contribution in [-0.2, 0) is 9.53 Å². The smallest absolute Gasteiger partial charge is 0.309 e. The Morgan fingerprint density at radius 3 is 2.30 bits per heavy atom. The lowest BCUT2D eigenvalue weighted by Crippen LogP contribution is -2.34. The highest BCUT2D eigenvalue weighted by molar-refractivity contribution is 5.72. The van der Waals surface area contributed by atoms with Gasteiger partial charge in [-0.25, -0.2) is 0 Å². The van der Waals surface area contributed by atoms with Gasteiger partial charge in [-0.15, -0.1) is 0 Å². The van der Waals surface area contributed by atoms with E-state index in [0.29, 0.717) is 0 Å². The molecule has 0 saturated carbocycles. The Morgan fingerprint density at radius 1 is 1.50 bits per heavy atom. The molecule has 2 unspecified atom stereocenters. The fraction of sp³-hybridized carbons (Fsp3) is 0.857. The minimum absolute atomic E-state index is 0.0741. The highest BCUT2D eigenvalue weighted by Crippen LogP contribution is 2.02. The molecule has 0 spiro atoms. The summed E-state index contributed by atoms with van der Waals surface area (Å²) in [5.74, 6) is -0.239. The third kappa shape index (κ3) is 2.35. The number of hydrogen-bond donors (Lipinski definition) is 1. The molecule has 0 amide bonds. The second-order valence-corrected chi connectivity index (χ2v) is 2.39. The van der Waals surface area contributed by atoms with E-state index in [1.807, 2.05) is 20.9 Å². The molecule has 2 atom stereocenters. The first-order valence-corrected chi connectivity index (χ1v) is 3.38. The van der Waals surface area contributed by atoms with Crippen LogP contribution in [0.4, 0.5) is 0 Å². The predicted molar refractivity (Wildman–Crippen MR) is 39.7 cm³/mol. The van der Waals surface area contributed by atoms with Crippen molar-refractivity contribution in [1.29, 1.82) is 0 Å². The second-order valence-electron chi connectivity index (χ2n) is 2.39. The zero-order valence-electron chi connectivity index (χ0n) is 6.97. The maximum absolute atomic E-state index is 10.8. The maximum Gasteiger partial charge on any atom is 0.309 e. The van der Waals surface area contributed by atoms with Crippen molar-refractivity contribution in [2.75, 3.05) is 14.2 Å². The second kappa shape index (κ2) is 4.28. The van der Waals surface area contributed by atoms with Gasteiger partial charge in [0.1, 0.15) is 0 Å². The Balaban J connectivity index is 3.81. The highest BCUT2D eigenvalue weighted by atomic mass is 16.5. The van der Waals surface area contributed by atoms with Crippen molar-refractivity contribution >= 4 is 5.97 Å². The molecular formula is C7H15NO2. The van der Waals surface area contributed by atoms with Gasteiger partial charge in [0.05, 0.1) is 13.0 Å². The van der Waals surface area contributed by atoms with Crippen LogP contribution in [0.2, 0.25) is 0 Å². The normalized spacial score (nSPS) is 16.0. The largest absolute Gasteiger partial charge is 0.469 e. The summed E-state index contributed by atoms with van der Waals surface area (Å²) in [6.07, 6.45) is 0. The number of hydrogen-bond acceptors (Lipinski definition) is 3. The monoisotopic (exact) mass is 145 g/mol. The van der Waals surface area contributed by atoms with Gasteiger partial charge in [0, 0.05) is 6.04 Å². The van der Waals surface area contributed by atoms with Crippen molar-refractivity contribution in [3.8, 4) is 0 Å². The number of nitrogens with one attached hydrogen (secondary N) is 1. The van der Waals surface area contributed by atoms with Crippen LogP contribution in [0.15, 0.2) is 0 Å². The summed E-state index contributed by atoms with van der Waals surface area (Å²) in [6, 6.07) is 0.174. The molecule has 60 valence electrons. The highest BCUT2D eigenvalue weighted by Gasteiger charge is 2.18. The quantitative estimate of drug-likeness (QED) is 0.584. The fourth-order valence-electron chi connectivity index (χ4n) is 0.640. The first kappa shape index (κ1) is 9.43. The van der Waals surface area contributed by atoms with Gasteiger partial charge in [0.15, 0.2) is 0 Å². The minimum atomic E-state index is -0.165. The standard InChI is InChI=1S/C7H15NO2/c1-5(6(2)8-3)7(9)10-4/h5-6,8H,1-4H3. The van der Waals surface area contributed by atoms with Crippen LogP contribution in [0.25, 0.3) is 0 Å². The van der Waals surface area contributed by atoms with Crippen LogP contribution in [0.3, 0.4) is 0 Å². The third-order valence-electron chi connectivity index (χ3n) is 1.78. The molecule has 0 radical (unpaired) electrons. The van der Waals surface area contributed by atoms with Gasteiger partial charge in [-0.3, -0.25) is 4.79 Å². The number of rotatable bonds is 3. The van der Waals surface area contributed by atoms with Crippen LogP contribution >= 0.6 is 0 Å². The molecule has 0 saturated heterocycles. The van der Waals surface area contributed by atoms with E-state index in [-0.39, 0.29) is 17.9 Å². The fourth-order valence-corrected chi connectivity index (χ4v) is 0.640. The van der Waals surface area contributed by atoms with Gasteiger partial charge in [-0.05, 0) is 14.0 Å². The van der Waals surface area contributed by atoms with Crippen molar-refractivity contribution in [2.45, 2.75) is 19.9 Å². The molecule has 3 heteroatoms. The van der Waals surface area contributed by atoms with Gasteiger partial charge in [-0.1, -0.05) is 6.92 Å².